The number of amides is 1. The van der Waals surface area contributed by atoms with Crippen molar-refractivity contribution in [2.75, 3.05) is 33.4 Å². The summed E-state index contributed by atoms with van der Waals surface area (Å²) in [5.41, 5.74) is 2.74. The number of nitrogens with one attached hydrogen (secondary N) is 1. The number of carbonyl (C=O) groups excluding carboxylic acids is 1. The molecule has 0 bridgehead atoms. The fraction of sp³-hybridized carbons (Fsp3) is 0.600. The molecular weight excluding hydrogens is 450 g/mol. The molecule has 1 aromatic carbocycles. The molecule has 2 atom stereocenters. The zero-order chi connectivity index (χ0) is 25.9. The molecule has 36 heavy (non-hydrogen) atoms. The van der Waals surface area contributed by atoms with Gasteiger partial charge in [-0.25, -0.2) is 0 Å². The molecule has 0 radical (unpaired) electrons. The highest BCUT2D eigenvalue weighted by Gasteiger charge is 2.19. The van der Waals surface area contributed by atoms with Gasteiger partial charge in [-0.2, -0.15) is 0 Å². The average Bonchev–Trinajstić information content (AvgIpc) is 2.87. The highest BCUT2D eigenvalue weighted by molar-refractivity contribution is 5.78. The highest BCUT2D eigenvalue weighted by atomic mass is 16.5. The number of piperidine rings is 1. The Morgan fingerprint density at radius 1 is 1.14 bits per heavy atom. The molecule has 1 fully saturated rings. The minimum Gasteiger partial charge on any atom is -0.494 e. The van der Waals surface area contributed by atoms with Crippen molar-refractivity contribution in [1.82, 2.24) is 15.2 Å². The maximum atomic E-state index is 12.6. The van der Waals surface area contributed by atoms with Gasteiger partial charge in [0.15, 0.2) is 0 Å². The van der Waals surface area contributed by atoms with E-state index in [0.29, 0.717) is 25.0 Å². The van der Waals surface area contributed by atoms with E-state index in [1.54, 1.807) is 0 Å². The van der Waals surface area contributed by atoms with Gasteiger partial charge in [0.1, 0.15) is 11.5 Å². The fourth-order valence-corrected chi connectivity index (χ4v) is 5.01. The zero-order valence-electron chi connectivity index (χ0n) is 22.9. The van der Waals surface area contributed by atoms with E-state index in [4.69, 9.17) is 9.47 Å². The normalized spacial score (nSPS) is 16.4. The monoisotopic (exact) mass is 495 g/mol. The quantitative estimate of drug-likeness (QED) is 0.384. The van der Waals surface area contributed by atoms with Crippen molar-refractivity contribution in [3.05, 3.63) is 42.2 Å². The molecule has 6 heteroatoms. The van der Waals surface area contributed by atoms with Crippen LogP contribution in [0.25, 0.3) is 11.1 Å². The standard InChI is InChI=1S/C30H45N3O3/c1-6-9-24(7-2)22(4)32-30(34)18-26-11-10-25(20-31-26)28-13-12-27(35-8-3)19-29(28)36-21-23-14-16-33(5)17-15-23/h10-13,19-20,22-24H,6-9,14-18,21H2,1-5H3,(H,32,34)/t22-,24?/m1/s1. The fourth-order valence-electron chi connectivity index (χ4n) is 5.01. The number of pyridine rings is 1. The number of aromatic nitrogens is 1. The Balaban J connectivity index is 1.67. The molecule has 0 saturated carbocycles. The lowest BCUT2D eigenvalue weighted by Crippen LogP contribution is -2.38. The molecule has 1 amide bonds. The van der Waals surface area contributed by atoms with Gasteiger partial charge in [-0.05, 0) is 83.3 Å². The van der Waals surface area contributed by atoms with Crippen LogP contribution in [-0.4, -0.2) is 55.2 Å². The summed E-state index contributed by atoms with van der Waals surface area (Å²) in [4.78, 5) is 19.6. The van der Waals surface area contributed by atoms with Crippen LogP contribution in [0.5, 0.6) is 11.5 Å². The molecule has 2 heterocycles. The first-order chi connectivity index (χ1) is 17.4. The predicted molar refractivity (Wildman–Crippen MR) is 147 cm³/mol. The Labute approximate surface area is 217 Å². The number of nitrogens with zero attached hydrogens (tertiary/aromatic N) is 2. The number of likely N-dealkylation sites (tertiary alicyclic amines) is 1. The van der Waals surface area contributed by atoms with Crippen LogP contribution >= 0.6 is 0 Å². The zero-order valence-corrected chi connectivity index (χ0v) is 22.9. The van der Waals surface area contributed by atoms with Crippen LogP contribution in [0.2, 0.25) is 0 Å². The smallest absolute Gasteiger partial charge is 0.226 e. The van der Waals surface area contributed by atoms with E-state index in [2.05, 4.69) is 43.0 Å². The second-order valence-corrected chi connectivity index (χ2v) is 10.2. The summed E-state index contributed by atoms with van der Waals surface area (Å²) in [6.07, 6.45) is 7.79. The topological polar surface area (TPSA) is 63.7 Å². The summed E-state index contributed by atoms with van der Waals surface area (Å²) >= 11 is 0. The SMILES string of the molecule is CCCC(CC)[C@@H](C)NC(=O)Cc1ccc(-c2ccc(OCC)cc2OCC2CCN(C)CC2)cn1. The van der Waals surface area contributed by atoms with Crippen LogP contribution < -0.4 is 14.8 Å². The second-order valence-electron chi connectivity index (χ2n) is 10.2. The van der Waals surface area contributed by atoms with Gasteiger partial charge in [-0.3, -0.25) is 9.78 Å². The van der Waals surface area contributed by atoms with E-state index in [9.17, 15) is 4.79 Å². The van der Waals surface area contributed by atoms with Crippen LogP contribution in [0, 0.1) is 11.8 Å². The highest BCUT2D eigenvalue weighted by Crippen LogP contribution is 2.34. The molecule has 3 rings (SSSR count). The van der Waals surface area contributed by atoms with Crippen LogP contribution in [0.4, 0.5) is 0 Å². The summed E-state index contributed by atoms with van der Waals surface area (Å²) < 4.78 is 12.1. The number of hydrogen-bond acceptors (Lipinski definition) is 5. The Morgan fingerprint density at radius 3 is 2.56 bits per heavy atom. The number of hydrogen-bond donors (Lipinski definition) is 1. The Bertz CT molecular complexity index is 939. The molecule has 2 aromatic rings. The molecule has 1 unspecified atom stereocenters. The summed E-state index contributed by atoms with van der Waals surface area (Å²) in [6.45, 7) is 12.0. The van der Waals surface area contributed by atoms with E-state index in [-0.39, 0.29) is 18.4 Å². The maximum absolute atomic E-state index is 12.6. The lowest BCUT2D eigenvalue weighted by Gasteiger charge is -2.29. The minimum absolute atomic E-state index is 0.0283. The molecule has 1 aromatic heterocycles. The maximum Gasteiger partial charge on any atom is 0.226 e. The predicted octanol–water partition coefficient (Wildman–Crippen LogP) is 5.74. The van der Waals surface area contributed by atoms with Crippen molar-refractivity contribution in [3.8, 4) is 22.6 Å². The van der Waals surface area contributed by atoms with Gasteiger partial charge in [0, 0.05) is 35.1 Å². The summed E-state index contributed by atoms with van der Waals surface area (Å²) in [6, 6.07) is 10.2. The average molecular weight is 496 g/mol. The first kappa shape index (κ1) is 28.0. The molecule has 6 nitrogen and oxygen atoms in total. The molecule has 198 valence electrons. The first-order valence-corrected chi connectivity index (χ1v) is 13.8. The Kier molecular flexibility index (Phi) is 11.1. The molecule has 1 aliphatic heterocycles. The first-order valence-electron chi connectivity index (χ1n) is 13.8. The molecule has 1 saturated heterocycles. The van der Waals surface area contributed by atoms with Crippen molar-refractivity contribution in [3.63, 3.8) is 0 Å². The van der Waals surface area contributed by atoms with Gasteiger partial charge in [0.2, 0.25) is 5.91 Å². The van der Waals surface area contributed by atoms with Gasteiger partial charge in [-0.15, -0.1) is 0 Å². The van der Waals surface area contributed by atoms with Gasteiger partial charge >= 0.3 is 0 Å². The van der Waals surface area contributed by atoms with E-state index in [0.717, 1.165) is 73.5 Å². The number of rotatable bonds is 13. The number of ether oxygens (including phenoxy) is 2. The Morgan fingerprint density at radius 2 is 1.92 bits per heavy atom. The third-order valence-corrected chi connectivity index (χ3v) is 7.33. The third-order valence-electron chi connectivity index (χ3n) is 7.33. The molecular formula is C30H45N3O3. The number of carbonyl (C=O) groups is 1. The summed E-state index contributed by atoms with van der Waals surface area (Å²) in [7, 11) is 2.18. The van der Waals surface area contributed by atoms with E-state index < -0.39 is 0 Å². The largest absolute Gasteiger partial charge is 0.494 e. The van der Waals surface area contributed by atoms with E-state index in [1.165, 1.54) is 0 Å². The van der Waals surface area contributed by atoms with Crippen LogP contribution in [-0.2, 0) is 11.2 Å². The lowest BCUT2D eigenvalue weighted by atomic mass is 9.93. The lowest BCUT2D eigenvalue weighted by molar-refractivity contribution is -0.121. The van der Waals surface area contributed by atoms with Crippen molar-refractivity contribution in [2.45, 2.75) is 72.3 Å². The van der Waals surface area contributed by atoms with Crippen LogP contribution in [0.15, 0.2) is 36.5 Å². The van der Waals surface area contributed by atoms with Gasteiger partial charge < -0.3 is 19.7 Å². The van der Waals surface area contributed by atoms with Gasteiger partial charge in [-0.1, -0.05) is 32.8 Å². The summed E-state index contributed by atoms with van der Waals surface area (Å²) in [5, 5.41) is 3.17. The third kappa shape index (κ3) is 8.22. The van der Waals surface area contributed by atoms with Crippen LogP contribution in [0.1, 0.15) is 65.5 Å². The van der Waals surface area contributed by atoms with Gasteiger partial charge in [0.25, 0.3) is 0 Å². The minimum atomic E-state index is 0.0283. The van der Waals surface area contributed by atoms with Crippen molar-refractivity contribution in [1.29, 1.82) is 0 Å². The molecule has 0 aliphatic carbocycles. The molecule has 0 spiro atoms. The Hall–Kier alpha value is -2.60. The van der Waals surface area contributed by atoms with Crippen molar-refractivity contribution < 1.29 is 14.3 Å². The van der Waals surface area contributed by atoms with Crippen LogP contribution in [0.3, 0.4) is 0 Å². The van der Waals surface area contributed by atoms with Crippen molar-refractivity contribution >= 4 is 5.91 Å². The van der Waals surface area contributed by atoms with E-state index in [1.807, 2.05) is 43.5 Å². The van der Waals surface area contributed by atoms with Gasteiger partial charge in [0.05, 0.1) is 19.6 Å². The number of benzene rings is 1. The van der Waals surface area contributed by atoms with E-state index >= 15 is 0 Å². The second kappa shape index (κ2) is 14.2. The molecule has 1 aliphatic rings. The van der Waals surface area contributed by atoms with Crippen molar-refractivity contribution in [2.24, 2.45) is 11.8 Å². The molecule has 1 N–H and O–H groups in total. The summed E-state index contributed by atoms with van der Waals surface area (Å²) in [5.74, 6) is 2.74.